The molecule has 3 atom stereocenters. The molecule has 0 bridgehead atoms. The van der Waals surface area contributed by atoms with Crippen LogP contribution >= 0.6 is 0 Å². The van der Waals surface area contributed by atoms with Crippen molar-refractivity contribution < 1.29 is 10.2 Å². The second kappa shape index (κ2) is 5.06. The second-order valence-corrected chi connectivity index (χ2v) is 7.30. The Bertz CT molecular complexity index is 559. The maximum absolute atomic E-state index is 10.3. The third kappa shape index (κ3) is 2.24. The van der Waals surface area contributed by atoms with Gasteiger partial charge in [0.05, 0.1) is 6.04 Å². The van der Waals surface area contributed by atoms with Crippen LogP contribution < -0.4 is 0 Å². The zero-order valence-electron chi connectivity index (χ0n) is 13.1. The number of phenolic OH excluding ortho intramolecular Hbond substituents is 1. The first-order valence-corrected chi connectivity index (χ1v) is 7.80. The van der Waals surface area contributed by atoms with Crippen LogP contribution in [-0.2, 0) is 0 Å². The Morgan fingerprint density at radius 1 is 1.24 bits per heavy atom. The normalized spacial score (nSPS) is 28.7. The molecule has 0 aliphatic carbocycles. The largest absolute Gasteiger partial charge is 0.508 e. The number of aromatic hydroxyl groups is 1. The van der Waals surface area contributed by atoms with E-state index >= 15 is 0 Å². The van der Waals surface area contributed by atoms with Crippen LogP contribution in [0.5, 0.6) is 5.75 Å². The highest BCUT2D eigenvalue weighted by Gasteiger charge is 2.51. The van der Waals surface area contributed by atoms with Gasteiger partial charge in [-0.3, -0.25) is 0 Å². The molecule has 2 aliphatic rings. The number of fused-ring (bicyclic) bond motifs is 1. The minimum atomic E-state index is 0.0779. The highest BCUT2D eigenvalue weighted by atomic mass is 16.3. The number of benzene rings is 1. The van der Waals surface area contributed by atoms with Crippen LogP contribution in [0, 0.1) is 17.3 Å². The van der Waals surface area contributed by atoms with Crippen molar-refractivity contribution in [3.05, 3.63) is 41.6 Å². The molecule has 21 heavy (non-hydrogen) atoms. The van der Waals surface area contributed by atoms with Gasteiger partial charge in [-0.15, -0.1) is 0 Å². The molecule has 0 aromatic heterocycles. The minimum Gasteiger partial charge on any atom is -0.508 e. The summed E-state index contributed by atoms with van der Waals surface area (Å²) in [4.78, 5) is 2.39. The van der Waals surface area contributed by atoms with E-state index in [0.29, 0.717) is 11.7 Å². The maximum Gasteiger partial charge on any atom is 0.120 e. The summed E-state index contributed by atoms with van der Waals surface area (Å²) in [6.07, 6.45) is 3.38. The number of hydrogen-bond acceptors (Lipinski definition) is 3. The Balaban J connectivity index is 2.09. The van der Waals surface area contributed by atoms with Crippen LogP contribution in [0.25, 0.3) is 0 Å². The van der Waals surface area contributed by atoms with Gasteiger partial charge in [0, 0.05) is 36.2 Å². The van der Waals surface area contributed by atoms with E-state index in [-0.39, 0.29) is 24.0 Å². The summed E-state index contributed by atoms with van der Waals surface area (Å²) >= 11 is 0. The standard InChI is InChI=1S/C18H25NO2/c1-18(2,3)16-13(11-20)17(19-10-6-8-14(16)19)12-7-4-5-9-15(12)21/h4-5,7-9,13,16-17,20-21H,6,10-11H2,1-3H3/t13-,16?,17-/m0/s1. The van der Waals surface area contributed by atoms with E-state index in [0.717, 1.165) is 18.5 Å². The van der Waals surface area contributed by atoms with Gasteiger partial charge >= 0.3 is 0 Å². The molecule has 2 N–H and O–H groups in total. The van der Waals surface area contributed by atoms with Crippen molar-refractivity contribution >= 4 is 0 Å². The molecular formula is C18H25NO2. The van der Waals surface area contributed by atoms with Gasteiger partial charge in [-0.05, 0) is 17.9 Å². The van der Waals surface area contributed by atoms with Gasteiger partial charge in [-0.2, -0.15) is 0 Å². The fourth-order valence-electron chi connectivity index (χ4n) is 4.26. The molecule has 114 valence electrons. The number of allylic oxidation sites excluding steroid dienone is 1. The van der Waals surface area contributed by atoms with E-state index < -0.39 is 0 Å². The van der Waals surface area contributed by atoms with E-state index in [1.165, 1.54) is 5.70 Å². The average Bonchev–Trinajstić information content (AvgIpc) is 2.97. The van der Waals surface area contributed by atoms with Gasteiger partial charge in [-0.25, -0.2) is 0 Å². The molecule has 2 heterocycles. The first-order chi connectivity index (χ1) is 9.95. The molecule has 1 saturated heterocycles. The number of nitrogens with zero attached hydrogens (tertiary/aromatic N) is 1. The number of phenols is 1. The van der Waals surface area contributed by atoms with Gasteiger partial charge in [0.25, 0.3) is 0 Å². The SMILES string of the molecule is CC(C)(C)C1C2=CCCN2[C@@H](c2ccccc2O)[C@H]1CO. The zero-order chi connectivity index (χ0) is 15.2. The summed E-state index contributed by atoms with van der Waals surface area (Å²) in [5.41, 5.74) is 2.40. The van der Waals surface area contributed by atoms with Crippen molar-refractivity contribution in [2.45, 2.75) is 33.2 Å². The summed E-state index contributed by atoms with van der Waals surface area (Å²) in [5.74, 6) is 0.793. The highest BCUT2D eigenvalue weighted by Crippen LogP contribution is 2.56. The Morgan fingerprint density at radius 2 is 1.95 bits per heavy atom. The molecule has 1 fully saturated rings. The van der Waals surface area contributed by atoms with E-state index in [2.05, 4.69) is 31.7 Å². The summed E-state index contributed by atoms with van der Waals surface area (Å²) in [6.45, 7) is 7.85. The van der Waals surface area contributed by atoms with Gasteiger partial charge in [0.1, 0.15) is 5.75 Å². The summed E-state index contributed by atoms with van der Waals surface area (Å²) < 4.78 is 0. The molecule has 3 nitrogen and oxygen atoms in total. The molecule has 1 unspecified atom stereocenters. The number of aliphatic hydroxyl groups excluding tert-OH is 1. The Morgan fingerprint density at radius 3 is 2.57 bits per heavy atom. The van der Waals surface area contributed by atoms with Crippen molar-refractivity contribution in [1.29, 1.82) is 0 Å². The second-order valence-electron chi connectivity index (χ2n) is 7.30. The molecular weight excluding hydrogens is 262 g/mol. The van der Waals surface area contributed by atoms with Crippen molar-refractivity contribution in [3.63, 3.8) is 0 Å². The highest BCUT2D eigenvalue weighted by molar-refractivity contribution is 5.39. The van der Waals surface area contributed by atoms with Crippen LogP contribution in [0.15, 0.2) is 36.0 Å². The summed E-state index contributed by atoms with van der Waals surface area (Å²) in [6, 6.07) is 7.63. The molecule has 3 rings (SSSR count). The summed E-state index contributed by atoms with van der Waals surface area (Å²) in [7, 11) is 0. The molecule has 0 amide bonds. The number of aliphatic hydroxyl groups is 1. The Hall–Kier alpha value is -1.48. The predicted molar refractivity (Wildman–Crippen MR) is 83.8 cm³/mol. The minimum absolute atomic E-state index is 0.0779. The Kier molecular flexibility index (Phi) is 3.48. The molecule has 0 spiro atoms. The van der Waals surface area contributed by atoms with Gasteiger partial charge in [0.2, 0.25) is 0 Å². The van der Waals surface area contributed by atoms with Gasteiger partial charge < -0.3 is 15.1 Å². The molecule has 3 heteroatoms. The monoisotopic (exact) mass is 287 g/mol. The third-order valence-electron chi connectivity index (χ3n) is 4.94. The zero-order valence-corrected chi connectivity index (χ0v) is 13.1. The molecule has 0 saturated carbocycles. The van der Waals surface area contributed by atoms with E-state index in [1.54, 1.807) is 6.07 Å². The van der Waals surface area contributed by atoms with Crippen LogP contribution in [0.3, 0.4) is 0 Å². The topological polar surface area (TPSA) is 43.7 Å². The van der Waals surface area contributed by atoms with Crippen molar-refractivity contribution in [2.24, 2.45) is 17.3 Å². The van der Waals surface area contributed by atoms with Crippen molar-refractivity contribution in [1.82, 2.24) is 4.90 Å². The molecule has 1 aromatic rings. The van der Waals surface area contributed by atoms with E-state index in [4.69, 9.17) is 0 Å². The number of hydrogen-bond donors (Lipinski definition) is 2. The number of rotatable bonds is 2. The smallest absolute Gasteiger partial charge is 0.120 e. The Labute approximate surface area is 126 Å². The quantitative estimate of drug-likeness (QED) is 0.877. The third-order valence-corrected chi connectivity index (χ3v) is 4.94. The van der Waals surface area contributed by atoms with Crippen LogP contribution in [0.2, 0.25) is 0 Å². The van der Waals surface area contributed by atoms with Crippen molar-refractivity contribution in [3.8, 4) is 5.75 Å². The van der Waals surface area contributed by atoms with Gasteiger partial charge in [0.15, 0.2) is 0 Å². The van der Waals surface area contributed by atoms with E-state index in [1.807, 2.05) is 18.2 Å². The predicted octanol–water partition coefficient (Wildman–Crippen LogP) is 3.31. The number of para-hydroxylation sites is 1. The molecule has 2 aliphatic heterocycles. The molecule has 1 aromatic carbocycles. The first kappa shape index (κ1) is 14.5. The lowest BCUT2D eigenvalue weighted by Gasteiger charge is -2.32. The summed E-state index contributed by atoms with van der Waals surface area (Å²) in [5, 5.41) is 20.3. The lowest BCUT2D eigenvalue weighted by Crippen LogP contribution is -2.30. The van der Waals surface area contributed by atoms with Crippen LogP contribution in [-0.4, -0.2) is 28.3 Å². The van der Waals surface area contributed by atoms with Crippen molar-refractivity contribution in [2.75, 3.05) is 13.2 Å². The maximum atomic E-state index is 10.3. The van der Waals surface area contributed by atoms with E-state index in [9.17, 15) is 10.2 Å². The first-order valence-electron chi connectivity index (χ1n) is 7.80. The van der Waals surface area contributed by atoms with Gasteiger partial charge in [-0.1, -0.05) is 45.0 Å². The fraction of sp³-hybridized carbons (Fsp3) is 0.556. The van der Waals surface area contributed by atoms with Crippen LogP contribution in [0.1, 0.15) is 38.8 Å². The fourth-order valence-corrected chi connectivity index (χ4v) is 4.26. The molecule has 0 radical (unpaired) electrons. The average molecular weight is 287 g/mol. The lowest BCUT2D eigenvalue weighted by atomic mass is 9.71. The lowest BCUT2D eigenvalue weighted by molar-refractivity contribution is 0.117. The van der Waals surface area contributed by atoms with Crippen LogP contribution in [0.4, 0.5) is 0 Å².